The molecule has 0 aliphatic carbocycles. The predicted octanol–water partition coefficient (Wildman–Crippen LogP) is 4.22. The Balaban J connectivity index is 2.03. The topological polar surface area (TPSA) is 46.6 Å². The molecule has 0 saturated heterocycles. The fourth-order valence-electron chi connectivity index (χ4n) is 3.51. The van der Waals surface area contributed by atoms with Crippen LogP contribution in [0.5, 0.6) is 0 Å². The Bertz CT molecular complexity index is 871. The molecule has 0 saturated carbocycles. The Morgan fingerprint density at radius 2 is 1.85 bits per heavy atom. The zero-order chi connectivity index (χ0) is 19.1. The first-order valence-electron chi connectivity index (χ1n) is 8.95. The number of ether oxygens (including phenoxy) is 1. The van der Waals surface area contributed by atoms with Crippen LogP contribution in [0.25, 0.3) is 0 Å². The molecule has 0 spiro atoms. The Labute approximate surface area is 154 Å². The molecule has 2 aromatic rings. The van der Waals surface area contributed by atoms with Gasteiger partial charge in [0.1, 0.15) is 0 Å². The van der Waals surface area contributed by atoms with Crippen molar-refractivity contribution in [2.45, 2.75) is 52.7 Å². The van der Waals surface area contributed by atoms with E-state index in [-0.39, 0.29) is 11.9 Å². The van der Waals surface area contributed by atoms with Crippen LogP contribution < -0.4 is 4.90 Å². The van der Waals surface area contributed by atoms with Gasteiger partial charge in [0.05, 0.1) is 5.56 Å². The highest BCUT2D eigenvalue weighted by molar-refractivity contribution is 6.04. The van der Waals surface area contributed by atoms with Crippen LogP contribution >= 0.6 is 0 Å². The van der Waals surface area contributed by atoms with E-state index < -0.39 is 11.6 Å². The molecule has 136 valence electrons. The van der Waals surface area contributed by atoms with Gasteiger partial charge < -0.3 is 9.64 Å². The van der Waals surface area contributed by atoms with Crippen LogP contribution in [0.15, 0.2) is 42.5 Å². The number of nitrogens with zero attached hydrogens (tertiary/aromatic N) is 1. The van der Waals surface area contributed by atoms with Crippen LogP contribution in [-0.4, -0.2) is 23.5 Å². The fourth-order valence-corrected chi connectivity index (χ4v) is 3.51. The summed E-state index contributed by atoms with van der Waals surface area (Å²) in [4.78, 5) is 27.7. The molecule has 0 fully saturated rings. The lowest BCUT2D eigenvalue weighted by Crippen LogP contribution is -2.55. The van der Waals surface area contributed by atoms with Crippen LogP contribution in [-0.2, 0) is 16.0 Å². The second kappa shape index (κ2) is 6.60. The normalized spacial score (nSPS) is 19.1. The maximum atomic E-state index is 13.5. The van der Waals surface area contributed by atoms with Gasteiger partial charge in [0.15, 0.2) is 5.60 Å². The minimum absolute atomic E-state index is 0.0595. The van der Waals surface area contributed by atoms with E-state index in [1.165, 1.54) is 0 Å². The van der Waals surface area contributed by atoms with E-state index >= 15 is 0 Å². The number of aryl methyl sites for hydroxylation is 2. The number of carbonyl (C=O) groups excluding carboxylic acids is 2. The monoisotopic (exact) mass is 351 g/mol. The molecule has 1 aliphatic rings. The SMILES string of the molecule is Cc1ccc(C)c(N(C(=O)C2(C)Cc3ccccc3C(=O)O2)C(C)C)c1. The third-order valence-electron chi connectivity index (χ3n) is 4.89. The third-order valence-corrected chi connectivity index (χ3v) is 4.89. The first-order valence-corrected chi connectivity index (χ1v) is 8.95. The molecule has 1 amide bonds. The lowest BCUT2D eigenvalue weighted by Gasteiger charge is -2.39. The van der Waals surface area contributed by atoms with Gasteiger partial charge in [-0.1, -0.05) is 30.3 Å². The number of cyclic esters (lactones) is 1. The Morgan fingerprint density at radius 3 is 2.54 bits per heavy atom. The number of carbonyl (C=O) groups is 2. The minimum atomic E-state index is -1.22. The summed E-state index contributed by atoms with van der Waals surface area (Å²) in [5, 5.41) is 0. The summed E-state index contributed by atoms with van der Waals surface area (Å²) in [6.45, 7) is 9.65. The van der Waals surface area contributed by atoms with E-state index in [0.717, 1.165) is 22.4 Å². The van der Waals surface area contributed by atoms with Crippen LogP contribution in [0.4, 0.5) is 5.69 Å². The summed E-state index contributed by atoms with van der Waals surface area (Å²) in [5.41, 5.74) is 3.14. The highest BCUT2D eigenvalue weighted by Crippen LogP contribution is 2.33. The largest absolute Gasteiger partial charge is 0.445 e. The zero-order valence-corrected chi connectivity index (χ0v) is 16.0. The van der Waals surface area contributed by atoms with E-state index in [1.54, 1.807) is 24.0 Å². The molecule has 26 heavy (non-hydrogen) atoms. The Kier molecular flexibility index (Phi) is 4.61. The van der Waals surface area contributed by atoms with E-state index in [0.29, 0.717) is 12.0 Å². The van der Waals surface area contributed by atoms with Crippen molar-refractivity contribution in [2.75, 3.05) is 4.90 Å². The Morgan fingerprint density at radius 1 is 1.15 bits per heavy atom. The van der Waals surface area contributed by atoms with Crippen molar-refractivity contribution < 1.29 is 14.3 Å². The van der Waals surface area contributed by atoms with Crippen molar-refractivity contribution in [2.24, 2.45) is 0 Å². The third kappa shape index (κ3) is 3.12. The van der Waals surface area contributed by atoms with E-state index in [2.05, 4.69) is 0 Å². The van der Waals surface area contributed by atoms with Gasteiger partial charge in [-0.2, -0.15) is 0 Å². The van der Waals surface area contributed by atoms with Gasteiger partial charge in [-0.15, -0.1) is 0 Å². The standard InChI is InChI=1S/C22H25NO3/c1-14(2)23(19-12-15(3)10-11-16(19)4)21(25)22(5)13-17-8-6-7-9-18(17)20(24)26-22/h6-12,14H,13H2,1-5H3. The second-order valence-electron chi connectivity index (χ2n) is 7.51. The molecule has 1 atom stereocenters. The molecule has 4 heteroatoms. The van der Waals surface area contributed by atoms with Crippen molar-refractivity contribution in [3.63, 3.8) is 0 Å². The number of anilines is 1. The van der Waals surface area contributed by atoms with Crippen molar-refractivity contribution in [1.29, 1.82) is 0 Å². The number of hydrogen-bond acceptors (Lipinski definition) is 3. The summed E-state index contributed by atoms with van der Waals surface area (Å²) in [7, 11) is 0. The van der Waals surface area contributed by atoms with Crippen molar-refractivity contribution in [3.8, 4) is 0 Å². The second-order valence-corrected chi connectivity index (χ2v) is 7.51. The highest BCUT2D eigenvalue weighted by Gasteiger charge is 2.45. The molecule has 0 aromatic heterocycles. The lowest BCUT2D eigenvalue weighted by molar-refractivity contribution is -0.137. The first-order chi connectivity index (χ1) is 12.2. The minimum Gasteiger partial charge on any atom is -0.445 e. The number of hydrogen-bond donors (Lipinski definition) is 0. The number of rotatable bonds is 3. The van der Waals surface area contributed by atoms with E-state index in [9.17, 15) is 9.59 Å². The van der Waals surface area contributed by atoms with E-state index in [1.807, 2.05) is 58.0 Å². The van der Waals surface area contributed by atoms with Crippen LogP contribution in [0.1, 0.15) is 47.8 Å². The van der Waals surface area contributed by atoms with Gasteiger partial charge >= 0.3 is 5.97 Å². The lowest BCUT2D eigenvalue weighted by atomic mass is 9.88. The molecule has 3 rings (SSSR count). The van der Waals surface area contributed by atoms with Crippen molar-refractivity contribution in [1.82, 2.24) is 0 Å². The molecule has 2 aromatic carbocycles. The fraction of sp³-hybridized carbons (Fsp3) is 0.364. The summed E-state index contributed by atoms with van der Waals surface area (Å²) in [6, 6.07) is 13.3. The van der Waals surface area contributed by atoms with Gasteiger partial charge in [-0.25, -0.2) is 4.79 Å². The molecule has 0 N–H and O–H groups in total. The highest BCUT2D eigenvalue weighted by atomic mass is 16.6. The zero-order valence-electron chi connectivity index (χ0n) is 16.0. The van der Waals surface area contributed by atoms with Crippen LogP contribution in [0.2, 0.25) is 0 Å². The first kappa shape index (κ1) is 18.2. The number of fused-ring (bicyclic) bond motifs is 1. The predicted molar refractivity (Wildman–Crippen MR) is 103 cm³/mol. The van der Waals surface area contributed by atoms with Gasteiger partial charge in [-0.3, -0.25) is 4.79 Å². The van der Waals surface area contributed by atoms with Crippen LogP contribution in [0, 0.1) is 13.8 Å². The molecule has 1 heterocycles. The van der Waals surface area contributed by atoms with Gasteiger partial charge in [0.25, 0.3) is 5.91 Å². The van der Waals surface area contributed by atoms with Crippen molar-refractivity contribution in [3.05, 3.63) is 64.7 Å². The number of benzene rings is 2. The average Bonchev–Trinajstić information content (AvgIpc) is 2.57. The molecular formula is C22H25NO3. The maximum Gasteiger partial charge on any atom is 0.339 e. The smallest absolute Gasteiger partial charge is 0.339 e. The van der Waals surface area contributed by atoms with Gasteiger partial charge in [0, 0.05) is 18.2 Å². The molecule has 0 radical (unpaired) electrons. The molecular weight excluding hydrogens is 326 g/mol. The molecule has 0 bridgehead atoms. The van der Waals surface area contributed by atoms with Crippen molar-refractivity contribution >= 4 is 17.6 Å². The van der Waals surface area contributed by atoms with Crippen LogP contribution in [0.3, 0.4) is 0 Å². The van der Waals surface area contributed by atoms with Gasteiger partial charge in [-0.05, 0) is 63.4 Å². The number of esters is 1. The summed E-state index contributed by atoms with van der Waals surface area (Å²) in [5.74, 6) is -0.628. The van der Waals surface area contributed by atoms with E-state index in [4.69, 9.17) is 4.74 Å². The summed E-state index contributed by atoms with van der Waals surface area (Å²) in [6.07, 6.45) is 0.377. The maximum absolute atomic E-state index is 13.5. The quantitative estimate of drug-likeness (QED) is 0.778. The molecule has 4 nitrogen and oxygen atoms in total. The number of amides is 1. The summed E-state index contributed by atoms with van der Waals surface area (Å²) < 4.78 is 5.65. The summed E-state index contributed by atoms with van der Waals surface area (Å²) >= 11 is 0. The van der Waals surface area contributed by atoms with Gasteiger partial charge in [0.2, 0.25) is 0 Å². The average molecular weight is 351 g/mol. The molecule has 1 unspecified atom stereocenters. The Hall–Kier alpha value is -2.62. The molecule has 1 aliphatic heterocycles.